The fourth-order valence-electron chi connectivity index (χ4n) is 3.28. The summed E-state index contributed by atoms with van der Waals surface area (Å²) >= 11 is 0. The van der Waals surface area contributed by atoms with Gasteiger partial charge in [-0.05, 0) is 48.2 Å². The van der Waals surface area contributed by atoms with Crippen LogP contribution in [0.25, 0.3) is 5.57 Å². The molecule has 1 aliphatic rings. The predicted octanol–water partition coefficient (Wildman–Crippen LogP) is 3.67. The quantitative estimate of drug-likeness (QED) is 0.927. The third-order valence-corrected chi connectivity index (χ3v) is 4.59. The van der Waals surface area contributed by atoms with E-state index in [9.17, 15) is 9.90 Å². The molecule has 0 bridgehead atoms. The topological polar surface area (TPSA) is 53.4 Å². The second-order valence-corrected chi connectivity index (χ2v) is 7.19. The third-order valence-electron chi connectivity index (χ3n) is 4.59. The van der Waals surface area contributed by atoms with Crippen molar-refractivity contribution in [3.05, 3.63) is 66.0 Å². The molecule has 0 saturated carbocycles. The van der Waals surface area contributed by atoms with Crippen LogP contribution < -0.4 is 0 Å². The van der Waals surface area contributed by atoms with Crippen molar-refractivity contribution >= 4 is 11.5 Å². The number of nitrogens with zero attached hydrogens (tertiary/aromatic N) is 2. The summed E-state index contributed by atoms with van der Waals surface area (Å²) in [6.45, 7) is 5.32. The lowest BCUT2D eigenvalue weighted by Crippen LogP contribution is -2.44. The van der Waals surface area contributed by atoms with E-state index in [0.29, 0.717) is 13.0 Å². The van der Waals surface area contributed by atoms with Crippen LogP contribution in [0.3, 0.4) is 0 Å². The van der Waals surface area contributed by atoms with Crippen LogP contribution >= 0.6 is 0 Å². The zero-order valence-electron chi connectivity index (χ0n) is 14.8. The van der Waals surface area contributed by atoms with Gasteiger partial charge in [-0.1, -0.05) is 38.1 Å². The van der Waals surface area contributed by atoms with E-state index in [4.69, 9.17) is 0 Å². The van der Waals surface area contributed by atoms with Crippen LogP contribution in [-0.4, -0.2) is 34.0 Å². The number of benzene rings is 1. The van der Waals surface area contributed by atoms with Gasteiger partial charge in [-0.25, -0.2) is 0 Å². The van der Waals surface area contributed by atoms with Gasteiger partial charge in [0, 0.05) is 24.7 Å². The van der Waals surface area contributed by atoms with Crippen molar-refractivity contribution in [3.8, 4) is 5.75 Å². The van der Waals surface area contributed by atoms with E-state index >= 15 is 0 Å². The summed E-state index contributed by atoms with van der Waals surface area (Å²) < 4.78 is 0. The molecule has 1 aromatic carbocycles. The number of hydrogen-bond acceptors (Lipinski definition) is 3. The molecule has 0 aliphatic carbocycles. The normalized spacial score (nSPS) is 15.0. The molecular weight excluding hydrogens is 312 g/mol. The Morgan fingerprint density at radius 1 is 1.20 bits per heavy atom. The molecule has 0 fully saturated rings. The molecule has 4 heteroatoms. The van der Waals surface area contributed by atoms with Gasteiger partial charge in [-0.3, -0.25) is 9.78 Å². The molecular formula is C21H24N2O2. The summed E-state index contributed by atoms with van der Waals surface area (Å²) in [7, 11) is 0. The maximum Gasteiger partial charge on any atom is 0.228 e. The minimum atomic E-state index is -0.496. The molecule has 4 nitrogen and oxygen atoms in total. The SMILES string of the molecule is CC(C)(Cc1ccc(O)cc1)C(=O)N1CCC=C(c2ccccn2)C1. The molecule has 1 N–H and O–H groups in total. The summed E-state index contributed by atoms with van der Waals surface area (Å²) in [6, 6.07) is 12.9. The van der Waals surface area contributed by atoms with E-state index in [0.717, 1.165) is 29.8 Å². The number of amides is 1. The molecule has 1 aromatic heterocycles. The molecule has 3 rings (SSSR count). The largest absolute Gasteiger partial charge is 0.508 e. The van der Waals surface area contributed by atoms with Gasteiger partial charge in [0.1, 0.15) is 5.75 Å². The number of phenols is 1. The van der Waals surface area contributed by atoms with E-state index in [1.165, 1.54) is 0 Å². The Hall–Kier alpha value is -2.62. The maximum absolute atomic E-state index is 13.1. The number of aromatic nitrogens is 1. The molecule has 0 radical (unpaired) electrons. The number of aromatic hydroxyl groups is 1. The van der Waals surface area contributed by atoms with E-state index < -0.39 is 5.41 Å². The molecule has 0 atom stereocenters. The summed E-state index contributed by atoms with van der Waals surface area (Å²) in [5, 5.41) is 9.42. The number of rotatable bonds is 4. The standard InChI is InChI=1S/C21H24N2O2/c1-21(2,14-16-8-10-18(24)11-9-16)20(25)23-13-5-6-17(15-23)19-7-3-4-12-22-19/h3-4,6-12,24H,5,13-15H2,1-2H3. The van der Waals surface area contributed by atoms with E-state index in [2.05, 4.69) is 11.1 Å². The highest BCUT2D eigenvalue weighted by atomic mass is 16.3. The lowest BCUT2D eigenvalue weighted by molar-refractivity contribution is -0.139. The third kappa shape index (κ3) is 4.08. The Morgan fingerprint density at radius 3 is 2.64 bits per heavy atom. The number of pyridine rings is 1. The molecule has 25 heavy (non-hydrogen) atoms. The minimum absolute atomic E-state index is 0.155. The zero-order valence-corrected chi connectivity index (χ0v) is 14.8. The van der Waals surface area contributed by atoms with Crippen LogP contribution in [0.2, 0.25) is 0 Å². The van der Waals surface area contributed by atoms with Crippen LogP contribution in [0, 0.1) is 5.41 Å². The average Bonchev–Trinajstić information content (AvgIpc) is 2.64. The Labute approximate surface area is 148 Å². The van der Waals surface area contributed by atoms with E-state index in [1.54, 1.807) is 18.3 Å². The average molecular weight is 336 g/mol. The Kier molecular flexibility index (Phi) is 4.88. The van der Waals surface area contributed by atoms with Gasteiger partial charge in [0.2, 0.25) is 5.91 Å². The van der Waals surface area contributed by atoms with Crippen molar-refractivity contribution in [3.63, 3.8) is 0 Å². The van der Waals surface area contributed by atoms with E-state index in [1.807, 2.05) is 49.1 Å². The van der Waals surface area contributed by atoms with Gasteiger partial charge in [0.05, 0.1) is 5.69 Å². The minimum Gasteiger partial charge on any atom is -0.508 e. The molecule has 0 spiro atoms. The van der Waals surface area contributed by atoms with Crippen molar-refractivity contribution in [2.75, 3.05) is 13.1 Å². The smallest absolute Gasteiger partial charge is 0.228 e. The highest BCUT2D eigenvalue weighted by Gasteiger charge is 2.33. The number of carbonyl (C=O) groups is 1. The summed E-state index contributed by atoms with van der Waals surface area (Å²) in [5.41, 5.74) is 2.61. The van der Waals surface area contributed by atoms with Crippen molar-refractivity contribution in [1.29, 1.82) is 0 Å². The lowest BCUT2D eigenvalue weighted by Gasteiger charge is -2.34. The second-order valence-electron chi connectivity index (χ2n) is 7.19. The van der Waals surface area contributed by atoms with Crippen molar-refractivity contribution in [2.45, 2.75) is 26.7 Å². The van der Waals surface area contributed by atoms with Crippen LogP contribution in [0.15, 0.2) is 54.7 Å². The van der Waals surface area contributed by atoms with Crippen molar-refractivity contribution in [1.82, 2.24) is 9.88 Å². The molecule has 1 aliphatic heterocycles. The van der Waals surface area contributed by atoms with Gasteiger partial charge in [0.15, 0.2) is 0 Å². The van der Waals surface area contributed by atoms with Crippen LogP contribution in [-0.2, 0) is 11.2 Å². The molecule has 2 aromatic rings. The highest BCUT2D eigenvalue weighted by Crippen LogP contribution is 2.28. The maximum atomic E-state index is 13.1. The van der Waals surface area contributed by atoms with E-state index in [-0.39, 0.29) is 11.7 Å². The fourth-order valence-corrected chi connectivity index (χ4v) is 3.28. The summed E-state index contributed by atoms with van der Waals surface area (Å²) in [4.78, 5) is 19.4. The first-order valence-electron chi connectivity index (χ1n) is 8.63. The van der Waals surface area contributed by atoms with Gasteiger partial charge in [-0.15, -0.1) is 0 Å². The number of phenolic OH excluding ortho intramolecular Hbond substituents is 1. The van der Waals surface area contributed by atoms with Crippen LogP contribution in [0.4, 0.5) is 0 Å². The molecule has 1 amide bonds. The van der Waals surface area contributed by atoms with Crippen molar-refractivity contribution < 1.29 is 9.90 Å². The zero-order chi connectivity index (χ0) is 17.9. The number of hydrogen-bond donors (Lipinski definition) is 1. The predicted molar refractivity (Wildman–Crippen MR) is 99.0 cm³/mol. The highest BCUT2D eigenvalue weighted by molar-refractivity contribution is 5.84. The first-order valence-corrected chi connectivity index (χ1v) is 8.63. The van der Waals surface area contributed by atoms with Gasteiger partial charge < -0.3 is 10.0 Å². The second kappa shape index (κ2) is 7.09. The van der Waals surface area contributed by atoms with Crippen LogP contribution in [0.5, 0.6) is 5.75 Å². The van der Waals surface area contributed by atoms with Gasteiger partial charge >= 0.3 is 0 Å². The fraction of sp³-hybridized carbons (Fsp3) is 0.333. The first-order chi connectivity index (χ1) is 12.0. The summed E-state index contributed by atoms with van der Waals surface area (Å²) in [6.07, 6.45) is 5.46. The van der Waals surface area contributed by atoms with Gasteiger partial charge in [-0.2, -0.15) is 0 Å². The van der Waals surface area contributed by atoms with Crippen molar-refractivity contribution in [2.24, 2.45) is 5.41 Å². The monoisotopic (exact) mass is 336 g/mol. The lowest BCUT2D eigenvalue weighted by atomic mass is 9.83. The Morgan fingerprint density at radius 2 is 1.96 bits per heavy atom. The molecule has 0 saturated heterocycles. The van der Waals surface area contributed by atoms with Crippen LogP contribution in [0.1, 0.15) is 31.5 Å². The summed E-state index contributed by atoms with van der Waals surface area (Å²) in [5.74, 6) is 0.399. The Balaban J connectivity index is 1.71. The Bertz CT molecular complexity index is 764. The molecule has 2 heterocycles. The number of carbonyl (C=O) groups excluding carboxylic acids is 1. The first kappa shape index (κ1) is 17.2. The van der Waals surface area contributed by atoms with Gasteiger partial charge in [0.25, 0.3) is 0 Å². The molecule has 0 unspecified atom stereocenters. The molecule has 130 valence electrons.